The maximum Gasteiger partial charge on any atom is 0.262 e. The molecule has 1 aliphatic rings. The van der Waals surface area contributed by atoms with Gasteiger partial charge in [0.05, 0.1) is 29.8 Å². The number of carbonyl (C=O) groups excluding carboxylic acids is 1. The number of amides is 1. The second-order valence-electron chi connectivity index (χ2n) is 5.94. The van der Waals surface area contributed by atoms with Gasteiger partial charge in [0.15, 0.2) is 0 Å². The second-order valence-corrected chi connectivity index (χ2v) is 9.17. The van der Waals surface area contributed by atoms with Gasteiger partial charge in [-0.05, 0) is 18.2 Å². The van der Waals surface area contributed by atoms with E-state index in [4.69, 9.17) is 21.1 Å². The molecule has 150 valence electrons. The molecule has 0 unspecified atom stereocenters. The highest BCUT2D eigenvalue weighted by Gasteiger charge is 2.25. The molecule has 2 aromatic carbocycles. The van der Waals surface area contributed by atoms with E-state index in [9.17, 15) is 13.2 Å². The quantitative estimate of drug-likeness (QED) is 0.761. The van der Waals surface area contributed by atoms with Crippen LogP contribution in [0.3, 0.4) is 0 Å². The van der Waals surface area contributed by atoms with E-state index in [1.54, 1.807) is 22.7 Å². The standard InChI is InChI=1S/C18H19ClN2O5S2/c1-11(22)21-6-7-27-17-5-4-13(10-15(17)21)28(23,24)20-18-14(19)8-12(25-2)9-16(18)26-3/h4-5,8-10,20H,6-7H2,1-3H3. The summed E-state index contributed by atoms with van der Waals surface area (Å²) in [6.07, 6.45) is 0. The van der Waals surface area contributed by atoms with Gasteiger partial charge < -0.3 is 14.4 Å². The lowest BCUT2D eigenvalue weighted by molar-refractivity contribution is -0.116. The number of ether oxygens (including phenoxy) is 2. The summed E-state index contributed by atoms with van der Waals surface area (Å²) in [6, 6.07) is 7.72. The highest BCUT2D eigenvalue weighted by molar-refractivity contribution is 7.99. The molecule has 0 spiro atoms. The van der Waals surface area contributed by atoms with Crippen molar-refractivity contribution in [1.82, 2.24) is 0 Å². The minimum absolute atomic E-state index is 0.0222. The number of fused-ring (bicyclic) bond motifs is 1. The van der Waals surface area contributed by atoms with Crippen LogP contribution in [-0.2, 0) is 14.8 Å². The van der Waals surface area contributed by atoms with Gasteiger partial charge in [-0.25, -0.2) is 8.42 Å². The molecule has 0 bridgehead atoms. The number of benzene rings is 2. The Kier molecular flexibility index (Phi) is 5.97. The summed E-state index contributed by atoms with van der Waals surface area (Å²) < 4.78 is 38.8. The molecule has 28 heavy (non-hydrogen) atoms. The molecule has 3 rings (SSSR count). The fourth-order valence-electron chi connectivity index (χ4n) is 2.82. The van der Waals surface area contributed by atoms with E-state index in [2.05, 4.69) is 4.72 Å². The summed E-state index contributed by atoms with van der Waals surface area (Å²) >= 11 is 7.80. The van der Waals surface area contributed by atoms with Gasteiger partial charge in [0.25, 0.3) is 10.0 Å². The van der Waals surface area contributed by atoms with Crippen molar-refractivity contribution in [3.05, 3.63) is 35.4 Å². The van der Waals surface area contributed by atoms with E-state index in [1.165, 1.54) is 45.4 Å². The van der Waals surface area contributed by atoms with Crippen molar-refractivity contribution in [1.29, 1.82) is 0 Å². The first-order chi connectivity index (χ1) is 13.3. The summed E-state index contributed by atoms with van der Waals surface area (Å²) in [4.78, 5) is 14.4. The molecule has 2 aromatic rings. The van der Waals surface area contributed by atoms with Crippen molar-refractivity contribution in [3.8, 4) is 11.5 Å². The van der Waals surface area contributed by atoms with Crippen molar-refractivity contribution >= 4 is 50.7 Å². The smallest absolute Gasteiger partial charge is 0.262 e. The Balaban J connectivity index is 2.01. The molecule has 0 saturated heterocycles. The maximum absolute atomic E-state index is 13.0. The van der Waals surface area contributed by atoms with E-state index < -0.39 is 10.0 Å². The third kappa shape index (κ3) is 4.01. The molecule has 0 radical (unpaired) electrons. The second kappa shape index (κ2) is 8.10. The van der Waals surface area contributed by atoms with Gasteiger partial charge in [-0.1, -0.05) is 11.6 Å². The number of hydrogen-bond acceptors (Lipinski definition) is 6. The number of carbonyl (C=O) groups is 1. The number of thioether (sulfide) groups is 1. The van der Waals surface area contributed by atoms with Crippen LogP contribution in [0, 0.1) is 0 Å². The van der Waals surface area contributed by atoms with E-state index >= 15 is 0 Å². The molecular formula is C18H19ClN2O5S2. The third-order valence-electron chi connectivity index (χ3n) is 4.20. The largest absolute Gasteiger partial charge is 0.497 e. The van der Waals surface area contributed by atoms with Gasteiger partial charge in [0.1, 0.15) is 17.2 Å². The lowest BCUT2D eigenvalue weighted by atomic mass is 10.2. The summed E-state index contributed by atoms with van der Waals surface area (Å²) in [5.41, 5.74) is 0.694. The molecule has 1 N–H and O–H groups in total. The van der Waals surface area contributed by atoms with Gasteiger partial charge in [0.2, 0.25) is 5.91 Å². The van der Waals surface area contributed by atoms with Crippen molar-refractivity contribution in [3.63, 3.8) is 0 Å². The SMILES string of the molecule is COc1cc(Cl)c(NS(=O)(=O)c2ccc3c(c2)N(C(C)=O)CCS3)c(OC)c1. The zero-order valence-electron chi connectivity index (χ0n) is 15.5. The summed E-state index contributed by atoms with van der Waals surface area (Å²) in [5, 5.41) is 0.138. The van der Waals surface area contributed by atoms with Crippen molar-refractivity contribution in [2.24, 2.45) is 0 Å². The predicted molar refractivity (Wildman–Crippen MR) is 111 cm³/mol. The van der Waals surface area contributed by atoms with Gasteiger partial charge in [-0.3, -0.25) is 9.52 Å². The van der Waals surface area contributed by atoms with Crippen LogP contribution < -0.4 is 19.1 Å². The molecular weight excluding hydrogens is 424 g/mol. The van der Waals surface area contributed by atoms with Crippen LogP contribution in [0.25, 0.3) is 0 Å². The van der Waals surface area contributed by atoms with E-state index in [0.29, 0.717) is 18.0 Å². The fourth-order valence-corrected chi connectivity index (χ4v) is 5.21. The lowest BCUT2D eigenvalue weighted by Gasteiger charge is -2.28. The van der Waals surface area contributed by atoms with Crippen LogP contribution in [0.2, 0.25) is 5.02 Å². The first-order valence-electron chi connectivity index (χ1n) is 8.26. The topological polar surface area (TPSA) is 84.9 Å². The lowest BCUT2D eigenvalue weighted by Crippen LogP contribution is -2.33. The molecule has 7 nitrogen and oxygen atoms in total. The first-order valence-corrected chi connectivity index (χ1v) is 11.1. The molecule has 0 atom stereocenters. The minimum Gasteiger partial charge on any atom is -0.497 e. The number of hydrogen-bond donors (Lipinski definition) is 1. The molecule has 1 heterocycles. The molecule has 0 fully saturated rings. The van der Waals surface area contributed by atoms with Crippen LogP contribution in [0.4, 0.5) is 11.4 Å². The molecule has 0 saturated carbocycles. The van der Waals surface area contributed by atoms with Gasteiger partial charge in [-0.15, -0.1) is 11.8 Å². The van der Waals surface area contributed by atoms with Crippen LogP contribution in [-0.4, -0.2) is 40.8 Å². The minimum atomic E-state index is -3.97. The average molecular weight is 443 g/mol. The molecule has 10 heteroatoms. The van der Waals surface area contributed by atoms with Crippen LogP contribution in [0.1, 0.15) is 6.92 Å². The third-order valence-corrected chi connectivity index (χ3v) is 6.89. The first kappa shape index (κ1) is 20.6. The van der Waals surface area contributed by atoms with Gasteiger partial charge >= 0.3 is 0 Å². The zero-order chi connectivity index (χ0) is 20.5. The number of anilines is 2. The molecule has 1 amide bonds. The number of rotatable bonds is 5. The van der Waals surface area contributed by atoms with Crippen LogP contribution in [0.15, 0.2) is 40.1 Å². The fraction of sp³-hybridized carbons (Fsp3) is 0.278. The Morgan fingerprint density at radius 1 is 1.21 bits per heavy atom. The molecule has 0 aliphatic carbocycles. The summed E-state index contributed by atoms with van der Waals surface area (Å²) in [5.74, 6) is 1.29. The Hall–Kier alpha value is -2.10. The van der Waals surface area contributed by atoms with E-state index in [0.717, 1.165) is 10.6 Å². The highest BCUT2D eigenvalue weighted by Crippen LogP contribution is 2.40. The average Bonchev–Trinajstić information content (AvgIpc) is 2.68. The summed E-state index contributed by atoms with van der Waals surface area (Å²) in [7, 11) is -1.09. The van der Waals surface area contributed by atoms with Crippen LogP contribution >= 0.6 is 23.4 Å². The number of nitrogens with zero attached hydrogens (tertiary/aromatic N) is 1. The number of nitrogens with one attached hydrogen (secondary N) is 1. The Morgan fingerprint density at radius 3 is 2.61 bits per heavy atom. The highest BCUT2D eigenvalue weighted by atomic mass is 35.5. The van der Waals surface area contributed by atoms with Crippen molar-refractivity contribution < 1.29 is 22.7 Å². The number of methoxy groups -OCH3 is 2. The van der Waals surface area contributed by atoms with E-state index in [-0.39, 0.29) is 27.3 Å². The number of sulfonamides is 1. The van der Waals surface area contributed by atoms with Crippen molar-refractivity contribution in [2.75, 3.05) is 36.1 Å². The predicted octanol–water partition coefficient (Wildman–Crippen LogP) is 3.62. The number of halogens is 1. The molecule has 0 aromatic heterocycles. The van der Waals surface area contributed by atoms with Gasteiger partial charge in [-0.2, -0.15) is 0 Å². The summed E-state index contributed by atoms with van der Waals surface area (Å²) in [6.45, 7) is 1.99. The Bertz CT molecular complexity index is 1030. The van der Waals surface area contributed by atoms with Crippen molar-refractivity contribution in [2.45, 2.75) is 16.7 Å². The molecule has 1 aliphatic heterocycles. The normalized spacial score (nSPS) is 13.6. The zero-order valence-corrected chi connectivity index (χ0v) is 17.9. The maximum atomic E-state index is 13.0. The Labute approximate surface area is 173 Å². The van der Waals surface area contributed by atoms with Gasteiger partial charge in [0, 0.05) is 36.2 Å². The Morgan fingerprint density at radius 2 is 1.96 bits per heavy atom. The monoisotopic (exact) mass is 442 g/mol. The van der Waals surface area contributed by atoms with E-state index in [1.807, 2.05) is 0 Å². The van der Waals surface area contributed by atoms with Crippen LogP contribution in [0.5, 0.6) is 11.5 Å².